The minimum Gasteiger partial charge on any atom is -0.258 e. The number of anilines is 1. The van der Waals surface area contributed by atoms with Crippen molar-refractivity contribution in [1.82, 2.24) is 4.98 Å². The van der Waals surface area contributed by atoms with Crippen LogP contribution < -0.4 is 4.72 Å². The summed E-state index contributed by atoms with van der Waals surface area (Å²) in [6.45, 7) is 1.85. The van der Waals surface area contributed by atoms with Crippen LogP contribution in [-0.2, 0) is 15.8 Å². The number of nitrogens with zero attached hydrogens (tertiary/aromatic N) is 2. The zero-order valence-corrected chi connectivity index (χ0v) is 11.8. The number of hydrogen-bond acceptors (Lipinski definition) is 5. The van der Waals surface area contributed by atoms with Crippen LogP contribution in [0.2, 0.25) is 0 Å². The molecule has 19 heavy (non-hydrogen) atoms. The fourth-order valence-corrected chi connectivity index (χ4v) is 3.65. The minimum absolute atomic E-state index is 0.241. The second-order valence-corrected chi connectivity index (χ2v) is 6.86. The molecule has 1 heterocycles. The molecule has 0 amide bonds. The Balaban J connectivity index is 2.20. The van der Waals surface area contributed by atoms with Crippen molar-refractivity contribution in [2.24, 2.45) is 0 Å². The lowest BCUT2D eigenvalue weighted by Crippen LogP contribution is -2.15. The molecule has 0 atom stereocenters. The standard InChI is InChI=1S/C12H11N3O2S2/c1-9-7-14-12(18-9)15-19(16,17)8-11-5-3-2-4-10(11)6-13/h2-5,7H,8H2,1H3,(H,14,15). The molecule has 5 nitrogen and oxygen atoms in total. The lowest BCUT2D eigenvalue weighted by molar-refractivity contribution is 0.600. The van der Waals surface area contributed by atoms with Gasteiger partial charge in [-0.2, -0.15) is 5.26 Å². The number of nitriles is 1. The molecule has 0 saturated heterocycles. The molecule has 0 aliphatic carbocycles. The number of thiazole rings is 1. The van der Waals surface area contributed by atoms with Crippen molar-refractivity contribution in [1.29, 1.82) is 5.26 Å². The van der Waals surface area contributed by atoms with E-state index in [9.17, 15) is 8.42 Å². The third-order valence-corrected chi connectivity index (χ3v) is 4.50. The summed E-state index contributed by atoms with van der Waals surface area (Å²) < 4.78 is 26.4. The van der Waals surface area contributed by atoms with Crippen LogP contribution in [0.3, 0.4) is 0 Å². The van der Waals surface area contributed by atoms with Gasteiger partial charge in [0.05, 0.1) is 17.4 Å². The Bertz CT molecular complexity index is 729. The Morgan fingerprint density at radius 3 is 2.79 bits per heavy atom. The number of sulfonamides is 1. The topological polar surface area (TPSA) is 82.8 Å². The van der Waals surface area contributed by atoms with Crippen LogP contribution >= 0.6 is 11.3 Å². The van der Waals surface area contributed by atoms with Gasteiger partial charge in [-0.05, 0) is 18.6 Å². The molecule has 2 rings (SSSR count). The van der Waals surface area contributed by atoms with Crippen molar-refractivity contribution in [3.8, 4) is 6.07 Å². The molecule has 98 valence electrons. The molecule has 0 unspecified atom stereocenters. The predicted molar refractivity (Wildman–Crippen MR) is 74.3 cm³/mol. The van der Waals surface area contributed by atoms with Crippen molar-refractivity contribution in [3.63, 3.8) is 0 Å². The molecule has 0 fully saturated rings. The first kappa shape index (κ1) is 13.5. The summed E-state index contributed by atoms with van der Waals surface area (Å²) in [6.07, 6.45) is 1.60. The average Bonchev–Trinajstić information content (AvgIpc) is 2.74. The SMILES string of the molecule is Cc1cnc(NS(=O)(=O)Cc2ccccc2C#N)s1. The zero-order chi connectivity index (χ0) is 13.9. The maximum Gasteiger partial charge on any atom is 0.238 e. The lowest BCUT2D eigenvalue weighted by Gasteiger charge is -2.06. The normalized spacial score (nSPS) is 10.9. The highest BCUT2D eigenvalue weighted by molar-refractivity contribution is 7.92. The minimum atomic E-state index is -3.56. The first-order valence-corrected chi connectivity index (χ1v) is 7.88. The van der Waals surface area contributed by atoms with E-state index in [1.165, 1.54) is 11.3 Å². The average molecular weight is 293 g/mol. The number of hydrogen-bond donors (Lipinski definition) is 1. The molecule has 7 heteroatoms. The van der Waals surface area contributed by atoms with Crippen LogP contribution in [0.5, 0.6) is 0 Å². The van der Waals surface area contributed by atoms with E-state index in [1.54, 1.807) is 30.5 Å². The fourth-order valence-electron chi connectivity index (χ4n) is 1.53. The van der Waals surface area contributed by atoms with Crippen molar-refractivity contribution >= 4 is 26.5 Å². The van der Waals surface area contributed by atoms with Gasteiger partial charge in [-0.1, -0.05) is 18.2 Å². The van der Waals surface area contributed by atoms with Gasteiger partial charge in [-0.25, -0.2) is 13.4 Å². The molecule has 0 aliphatic rings. The summed E-state index contributed by atoms with van der Waals surface area (Å²) in [5, 5.41) is 9.27. The van der Waals surface area contributed by atoms with Gasteiger partial charge in [0.1, 0.15) is 0 Å². The Morgan fingerprint density at radius 1 is 1.42 bits per heavy atom. The van der Waals surface area contributed by atoms with Crippen molar-refractivity contribution in [3.05, 3.63) is 46.5 Å². The maximum absolute atomic E-state index is 12.0. The quantitative estimate of drug-likeness (QED) is 0.937. The Hall–Kier alpha value is -1.91. The maximum atomic E-state index is 12.0. The van der Waals surface area contributed by atoms with Crippen LogP contribution in [0.15, 0.2) is 30.5 Å². The molecule has 0 bridgehead atoms. The van der Waals surface area contributed by atoms with E-state index in [0.29, 0.717) is 16.3 Å². The number of benzene rings is 1. The molecular formula is C12H11N3O2S2. The zero-order valence-electron chi connectivity index (χ0n) is 10.1. The van der Waals surface area contributed by atoms with Gasteiger partial charge >= 0.3 is 0 Å². The molecular weight excluding hydrogens is 282 g/mol. The smallest absolute Gasteiger partial charge is 0.238 e. The first-order chi connectivity index (χ1) is 9.00. The number of rotatable bonds is 4. The Labute approximate surface area is 115 Å². The van der Waals surface area contributed by atoms with E-state index in [0.717, 1.165) is 4.88 Å². The van der Waals surface area contributed by atoms with E-state index in [2.05, 4.69) is 9.71 Å². The summed E-state index contributed by atoms with van der Waals surface area (Å²) in [5.74, 6) is -0.241. The van der Waals surface area contributed by atoms with Crippen molar-refractivity contribution in [2.45, 2.75) is 12.7 Å². The number of aromatic nitrogens is 1. The summed E-state index contributed by atoms with van der Waals surface area (Å²) in [5.41, 5.74) is 0.842. The second-order valence-electron chi connectivity index (χ2n) is 3.91. The third kappa shape index (κ3) is 3.53. The first-order valence-electron chi connectivity index (χ1n) is 5.41. The van der Waals surface area contributed by atoms with Gasteiger partial charge in [0.25, 0.3) is 0 Å². The third-order valence-electron chi connectivity index (χ3n) is 2.35. The lowest BCUT2D eigenvalue weighted by atomic mass is 10.1. The van der Waals surface area contributed by atoms with Gasteiger partial charge < -0.3 is 0 Å². The van der Waals surface area contributed by atoms with Crippen LogP contribution in [0.25, 0.3) is 0 Å². The molecule has 0 aliphatic heterocycles. The van der Waals surface area contributed by atoms with Crippen LogP contribution in [0, 0.1) is 18.3 Å². The molecule has 1 N–H and O–H groups in total. The molecule has 1 aromatic heterocycles. The monoisotopic (exact) mass is 293 g/mol. The van der Waals surface area contributed by atoms with E-state index in [1.807, 2.05) is 13.0 Å². The number of nitrogens with one attached hydrogen (secondary N) is 1. The predicted octanol–water partition coefficient (Wildman–Crippen LogP) is 2.27. The van der Waals surface area contributed by atoms with Gasteiger partial charge in [0, 0.05) is 11.1 Å². The van der Waals surface area contributed by atoms with E-state index >= 15 is 0 Å². The van der Waals surface area contributed by atoms with E-state index in [4.69, 9.17) is 5.26 Å². The second kappa shape index (κ2) is 5.38. The fraction of sp³-hybridized carbons (Fsp3) is 0.167. The Morgan fingerprint density at radius 2 is 2.16 bits per heavy atom. The van der Waals surface area contributed by atoms with Gasteiger partial charge in [-0.15, -0.1) is 11.3 Å². The van der Waals surface area contributed by atoms with Crippen molar-refractivity contribution < 1.29 is 8.42 Å². The largest absolute Gasteiger partial charge is 0.258 e. The summed E-state index contributed by atoms with van der Waals surface area (Å²) in [4.78, 5) is 4.87. The summed E-state index contributed by atoms with van der Waals surface area (Å²) >= 11 is 1.27. The van der Waals surface area contributed by atoms with Gasteiger partial charge in [0.15, 0.2) is 5.13 Å². The summed E-state index contributed by atoms with van der Waals surface area (Å²) in [6, 6.07) is 8.61. The molecule has 1 aromatic carbocycles. The molecule has 0 radical (unpaired) electrons. The highest BCUT2D eigenvalue weighted by Gasteiger charge is 2.15. The summed E-state index contributed by atoms with van der Waals surface area (Å²) in [7, 11) is -3.56. The molecule has 0 spiro atoms. The van der Waals surface area contributed by atoms with Crippen LogP contribution in [0.1, 0.15) is 16.0 Å². The van der Waals surface area contributed by atoms with Crippen molar-refractivity contribution in [2.75, 3.05) is 4.72 Å². The highest BCUT2D eigenvalue weighted by atomic mass is 32.2. The molecule has 0 saturated carbocycles. The highest BCUT2D eigenvalue weighted by Crippen LogP contribution is 2.20. The molecule has 2 aromatic rings. The van der Waals surface area contributed by atoms with Gasteiger partial charge in [-0.3, -0.25) is 4.72 Å². The number of aryl methyl sites for hydroxylation is 1. The van der Waals surface area contributed by atoms with Crippen LogP contribution in [-0.4, -0.2) is 13.4 Å². The Kier molecular flexibility index (Phi) is 3.83. The van der Waals surface area contributed by atoms with E-state index in [-0.39, 0.29) is 5.75 Å². The van der Waals surface area contributed by atoms with Gasteiger partial charge in [0.2, 0.25) is 10.0 Å². The van der Waals surface area contributed by atoms with Crippen LogP contribution in [0.4, 0.5) is 5.13 Å². The van der Waals surface area contributed by atoms with E-state index < -0.39 is 10.0 Å².